The molecule has 0 spiro atoms. The van der Waals surface area contributed by atoms with Crippen molar-refractivity contribution in [1.29, 1.82) is 0 Å². The van der Waals surface area contributed by atoms with E-state index in [0.717, 1.165) is 65.6 Å². The lowest BCUT2D eigenvalue weighted by Crippen LogP contribution is -2.60. The summed E-state index contributed by atoms with van der Waals surface area (Å²) in [6.07, 6.45) is 20.7. The number of carbonyl (C=O) groups excluding carboxylic acids is 1. The molecular formula is C57H77N2O9+. The van der Waals surface area contributed by atoms with E-state index in [0.29, 0.717) is 77.0 Å². The Bertz CT molecular complexity index is 2330. The summed E-state index contributed by atoms with van der Waals surface area (Å²) in [5, 5.41) is 11.1. The minimum Gasteiger partial charge on any atom is -0.493 e. The molecule has 0 amide bonds. The predicted molar refractivity (Wildman–Crippen MR) is 267 cm³/mol. The number of ether oxygens (including phenoxy) is 6. The zero-order chi connectivity index (χ0) is 48.2. The van der Waals surface area contributed by atoms with Crippen LogP contribution in [-0.4, -0.2) is 81.0 Å². The third-order valence-electron chi connectivity index (χ3n) is 15.0. The topological polar surface area (TPSA) is 113 Å². The first-order valence-corrected chi connectivity index (χ1v) is 25.5. The first kappa shape index (κ1) is 50.6. The van der Waals surface area contributed by atoms with Gasteiger partial charge in [0.05, 0.1) is 34.9 Å². The smallest absolute Gasteiger partial charge is 0.362 e. The SMILES string of the molecule is CCCCCCCCCCCCCCCCC(C(=O)O)[N+]1(C)CCc2cc(OC)c3cc2C1Cc1ccc(cc1)Oc1cc(ccc1OC)CC1c2c(cc(OC)c(OC(C)=O)c2O3)CCN1C. The number of benzene rings is 4. The van der Waals surface area contributed by atoms with Crippen LogP contribution >= 0.6 is 0 Å². The van der Waals surface area contributed by atoms with Gasteiger partial charge in [0.25, 0.3) is 0 Å². The number of aliphatic carboxylic acids is 1. The molecule has 0 saturated heterocycles. The maximum atomic E-state index is 13.6. The minimum atomic E-state index is -0.765. The van der Waals surface area contributed by atoms with Gasteiger partial charge in [-0.1, -0.05) is 109 Å². The van der Waals surface area contributed by atoms with E-state index < -0.39 is 18.0 Å². The van der Waals surface area contributed by atoms with E-state index in [9.17, 15) is 14.7 Å². The highest BCUT2D eigenvalue weighted by Gasteiger charge is 2.48. The van der Waals surface area contributed by atoms with Crippen molar-refractivity contribution in [3.63, 3.8) is 0 Å². The van der Waals surface area contributed by atoms with E-state index in [1.807, 2.05) is 30.3 Å². The molecule has 4 atom stereocenters. The fourth-order valence-corrected chi connectivity index (χ4v) is 11.1. The largest absolute Gasteiger partial charge is 0.493 e. The van der Waals surface area contributed by atoms with Crippen LogP contribution in [0.5, 0.6) is 46.0 Å². The molecule has 4 aliphatic rings. The van der Waals surface area contributed by atoms with Crippen LogP contribution in [0.2, 0.25) is 0 Å². The lowest BCUT2D eigenvalue weighted by molar-refractivity contribution is -0.956. The molecule has 0 fully saturated rings. The summed E-state index contributed by atoms with van der Waals surface area (Å²) in [5.41, 5.74) is 6.11. The van der Waals surface area contributed by atoms with Gasteiger partial charge in [0, 0.05) is 49.9 Å². The van der Waals surface area contributed by atoms with Crippen molar-refractivity contribution in [2.24, 2.45) is 0 Å². The van der Waals surface area contributed by atoms with Gasteiger partial charge >= 0.3 is 11.9 Å². The maximum Gasteiger partial charge on any atom is 0.362 e. The zero-order valence-electron chi connectivity index (χ0n) is 42.0. The van der Waals surface area contributed by atoms with Crippen LogP contribution in [-0.2, 0) is 35.3 Å². The molecular weight excluding hydrogens is 857 g/mol. The Morgan fingerprint density at radius 1 is 0.721 bits per heavy atom. The van der Waals surface area contributed by atoms with Crippen LogP contribution in [0.25, 0.3) is 0 Å². The molecule has 0 aliphatic carbocycles. The van der Waals surface area contributed by atoms with Gasteiger partial charge in [-0.2, -0.15) is 0 Å². The van der Waals surface area contributed by atoms with E-state index in [4.69, 9.17) is 28.4 Å². The number of esters is 1. The normalized spacial score (nSPS) is 19.1. The number of quaternary nitrogens is 1. The fraction of sp³-hybridized carbons (Fsp3) is 0.544. The zero-order valence-corrected chi connectivity index (χ0v) is 42.0. The number of carboxylic acids is 1. The van der Waals surface area contributed by atoms with Crippen molar-refractivity contribution >= 4 is 11.9 Å². The predicted octanol–water partition coefficient (Wildman–Crippen LogP) is 12.9. The number of carbonyl (C=O) groups is 2. The molecule has 368 valence electrons. The molecule has 1 N–H and O–H groups in total. The number of hydrogen-bond acceptors (Lipinski definition) is 9. The molecule has 68 heavy (non-hydrogen) atoms. The Morgan fingerprint density at radius 3 is 1.94 bits per heavy atom. The van der Waals surface area contributed by atoms with Crippen molar-refractivity contribution in [3.8, 4) is 46.0 Å². The van der Waals surface area contributed by atoms with Gasteiger partial charge in [-0.25, -0.2) is 4.79 Å². The Labute approximate surface area is 405 Å². The molecule has 4 heterocycles. The molecule has 4 aromatic rings. The van der Waals surface area contributed by atoms with E-state index in [1.165, 1.54) is 77.6 Å². The van der Waals surface area contributed by atoms with E-state index in [1.54, 1.807) is 21.3 Å². The summed E-state index contributed by atoms with van der Waals surface area (Å²) < 4.78 is 38.0. The summed E-state index contributed by atoms with van der Waals surface area (Å²) in [7, 11) is 9.09. The number of likely N-dealkylation sites (N-methyl/N-ethyl adjacent to an activating group) is 2. The number of nitrogens with zero attached hydrogens (tertiary/aromatic N) is 2. The number of rotatable bonds is 21. The Hall–Kier alpha value is -5.26. The van der Waals surface area contributed by atoms with E-state index >= 15 is 0 Å². The van der Waals surface area contributed by atoms with Crippen LogP contribution in [0.3, 0.4) is 0 Å². The first-order chi connectivity index (χ1) is 33.0. The highest BCUT2D eigenvalue weighted by atomic mass is 16.6. The van der Waals surface area contributed by atoms with Crippen LogP contribution < -0.4 is 28.4 Å². The standard InChI is InChI=1S/C57H76N2O9/c1-8-9-10-11-12-13-14-15-16-17-18-19-20-21-22-47(57(61)62)59(4)32-30-42-36-50(64-6)52-38-45(42)48(59)34-40-23-26-44(27-24-40)67-51-35-41(25-28-49(51)63-5)33-46-54-43(29-31-58(46)3)37-53(65-7)55(56(54)68-52)66-39(2)60/h23-28,35-38,46-48H,8-22,29-34H2,1-7H3/p+1. The van der Waals surface area contributed by atoms with Crippen LogP contribution in [0.15, 0.2) is 60.7 Å². The molecule has 4 unspecified atom stereocenters. The maximum absolute atomic E-state index is 13.6. The Kier molecular flexibility index (Phi) is 17.7. The van der Waals surface area contributed by atoms with Crippen molar-refractivity contribution in [2.75, 3.05) is 48.5 Å². The molecule has 0 saturated carbocycles. The van der Waals surface area contributed by atoms with E-state index in [2.05, 4.69) is 56.3 Å². The molecule has 0 aromatic heterocycles. The minimum absolute atomic E-state index is 0.197. The summed E-state index contributed by atoms with van der Waals surface area (Å²) >= 11 is 0. The van der Waals surface area contributed by atoms with Crippen molar-refractivity contribution in [1.82, 2.24) is 4.90 Å². The number of hydrogen-bond donors (Lipinski definition) is 1. The van der Waals surface area contributed by atoms with Gasteiger partial charge in [0.15, 0.2) is 40.5 Å². The summed E-state index contributed by atoms with van der Waals surface area (Å²) in [6.45, 7) is 5.08. The van der Waals surface area contributed by atoms with Crippen molar-refractivity contribution in [3.05, 3.63) is 94.0 Å². The molecule has 11 heteroatoms. The number of methoxy groups -OCH3 is 3. The van der Waals surface area contributed by atoms with Crippen LogP contribution in [0, 0.1) is 0 Å². The monoisotopic (exact) mass is 934 g/mol. The first-order valence-electron chi connectivity index (χ1n) is 25.5. The number of fused-ring (bicyclic) bond motifs is 2. The fourth-order valence-electron chi connectivity index (χ4n) is 11.1. The Morgan fingerprint density at radius 2 is 1.32 bits per heavy atom. The average Bonchev–Trinajstić information content (AvgIpc) is 3.32. The van der Waals surface area contributed by atoms with Crippen LogP contribution in [0.4, 0.5) is 0 Å². The van der Waals surface area contributed by atoms with Gasteiger partial charge in [-0.3, -0.25) is 9.69 Å². The molecule has 0 radical (unpaired) electrons. The van der Waals surface area contributed by atoms with Gasteiger partial charge in [0.2, 0.25) is 5.75 Å². The third kappa shape index (κ3) is 11.9. The molecule has 6 bridgehead atoms. The molecule has 8 rings (SSSR count). The molecule has 11 nitrogen and oxygen atoms in total. The van der Waals surface area contributed by atoms with Gasteiger partial charge in [0.1, 0.15) is 11.8 Å². The lowest BCUT2D eigenvalue weighted by atomic mass is 9.84. The van der Waals surface area contributed by atoms with Crippen LogP contribution in [0.1, 0.15) is 156 Å². The highest BCUT2D eigenvalue weighted by molar-refractivity contribution is 5.74. The summed E-state index contributed by atoms with van der Waals surface area (Å²) in [4.78, 5) is 28.8. The van der Waals surface area contributed by atoms with Gasteiger partial charge in [-0.15, -0.1) is 0 Å². The highest BCUT2D eigenvalue weighted by Crippen LogP contribution is 2.53. The second kappa shape index (κ2) is 23.8. The lowest BCUT2D eigenvalue weighted by Gasteiger charge is -2.49. The summed E-state index contributed by atoms with van der Waals surface area (Å²) in [6, 6.07) is 19.2. The summed E-state index contributed by atoms with van der Waals surface area (Å²) in [5.74, 6) is 2.59. The number of carboxylic acid groups (broad SMARTS) is 1. The number of unbranched alkanes of at least 4 members (excludes halogenated alkanes) is 13. The van der Waals surface area contributed by atoms with Crippen molar-refractivity contribution < 1.29 is 47.6 Å². The second-order valence-electron chi connectivity index (χ2n) is 19.7. The second-order valence-corrected chi connectivity index (χ2v) is 19.7. The van der Waals surface area contributed by atoms with Crippen molar-refractivity contribution in [2.45, 2.75) is 154 Å². The van der Waals surface area contributed by atoms with E-state index in [-0.39, 0.29) is 17.8 Å². The third-order valence-corrected chi connectivity index (χ3v) is 15.0. The van der Waals surface area contributed by atoms with Gasteiger partial charge < -0.3 is 38.0 Å². The Balaban J connectivity index is 1.24. The van der Waals surface area contributed by atoms with Gasteiger partial charge in [-0.05, 0) is 91.0 Å². The quantitative estimate of drug-likeness (QED) is 0.0375. The average molecular weight is 934 g/mol. The molecule has 4 aromatic carbocycles. The molecule has 4 aliphatic heterocycles.